The van der Waals surface area contributed by atoms with Crippen LogP contribution in [0.3, 0.4) is 0 Å². The van der Waals surface area contributed by atoms with Gasteiger partial charge in [-0.3, -0.25) is 9.59 Å². The molecule has 0 aliphatic carbocycles. The molecule has 0 saturated heterocycles. The Labute approximate surface area is 209 Å². The highest BCUT2D eigenvalue weighted by molar-refractivity contribution is 5.99. The second-order valence-electron chi connectivity index (χ2n) is 10.1. The van der Waals surface area contributed by atoms with Gasteiger partial charge >= 0.3 is 6.18 Å². The molecule has 0 aliphatic heterocycles. The first-order valence-corrected chi connectivity index (χ1v) is 11.7. The van der Waals surface area contributed by atoms with Gasteiger partial charge in [0.1, 0.15) is 12.4 Å². The van der Waals surface area contributed by atoms with Crippen molar-refractivity contribution in [3.8, 4) is 5.69 Å². The van der Waals surface area contributed by atoms with Gasteiger partial charge in [-0.2, -0.15) is 18.3 Å². The van der Waals surface area contributed by atoms with Crippen LogP contribution in [-0.2, 0) is 16.4 Å². The van der Waals surface area contributed by atoms with Gasteiger partial charge < -0.3 is 10.2 Å². The van der Waals surface area contributed by atoms with E-state index in [0.717, 1.165) is 23.5 Å². The van der Waals surface area contributed by atoms with Crippen molar-refractivity contribution in [1.82, 2.24) is 14.7 Å². The molecule has 9 heteroatoms. The van der Waals surface area contributed by atoms with E-state index in [9.17, 15) is 22.8 Å². The van der Waals surface area contributed by atoms with E-state index < -0.39 is 23.6 Å². The van der Waals surface area contributed by atoms with Crippen LogP contribution in [0, 0.1) is 5.92 Å². The normalized spacial score (nSPS) is 12.0. The lowest BCUT2D eigenvalue weighted by molar-refractivity contribution is -0.137. The lowest BCUT2D eigenvalue weighted by Crippen LogP contribution is -2.40. The van der Waals surface area contributed by atoms with Gasteiger partial charge in [-0.15, -0.1) is 0 Å². The maximum atomic E-state index is 13.2. The molecule has 192 valence electrons. The zero-order valence-electron chi connectivity index (χ0n) is 21.1. The van der Waals surface area contributed by atoms with Crippen LogP contribution >= 0.6 is 0 Å². The second kappa shape index (κ2) is 10.6. The molecule has 0 atom stereocenters. The van der Waals surface area contributed by atoms with Crippen molar-refractivity contribution in [3.05, 3.63) is 77.5 Å². The van der Waals surface area contributed by atoms with Crippen LogP contribution in [0.2, 0.25) is 0 Å². The molecule has 1 heterocycles. The van der Waals surface area contributed by atoms with Gasteiger partial charge in [-0.1, -0.05) is 58.9 Å². The fourth-order valence-corrected chi connectivity index (χ4v) is 3.63. The molecular formula is C27H31F3N4O2. The van der Waals surface area contributed by atoms with E-state index >= 15 is 0 Å². The molecule has 0 saturated carbocycles. The van der Waals surface area contributed by atoms with Crippen LogP contribution in [0.1, 0.15) is 56.2 Å². The molecule has 3 rings (SSSR count). The monoisotopic (exact) mass is 500 g/mol. The number of benzene rings is 2. The molecule has 2 aromatic carbocycles. The number of hydrogen-bond acceptors (Lipinski definition) is 3. The number of rotatable bonds is 7. The Morgan fingerprint density at radius 3 is 2.25 bits per heavy atom. The molecule has 0 spiro atoms. The zero-order chi connectivity index (χ0) is 26.7. The average Bonchev–Trinajstić information content (AvgIpc) is 3.22. The van der Waals surface area contributed by atoms with Crippen LogP contribution in [-0.4, -0.2) is 39.6 Å². The number of carbonyl (C=O) groups is 2. The van der Waals surface area contributed by atoms with Gasteiger partial charge in [0.25, 0.3) is 5.91 Å². The fourth-order valence-electron chi connectivity index (χ4n) is 3.63. The number of halogens is 3. The maximum absolute atomic E-state index is 13.2. The summed E-state index contributed by atoms with van der Waals surface area (Å²) >= 11 is 0. The Morgan fingerprint density at radius 1 is 1.00 bits per heavy atom. The predicted molar refractivity (Wildman–Crippen MR) is 133 cm³/mol. The molecule has 0 fully saturated rings. The summed E-state index contributed by atoms with van der Waals surface area (Å²) in [4.78, 5) is 27.5. The number of anilines is 1. The zero-order valence-corrected chi connectivity index (χ0v) is 21.1. The quantitative estimate of drug-likeness (QED) is 0.438. The molecule has 6 nitrogen and oxygen atoms in total. The predicted octanol–water partition coefficient (Wildman–Crippen LogP) is 5.93. The molecule has 1 N–H and O–H groups in total. The largest absolute Gasteiger partial charge is 0.416 e. The minimum atomic E-state index is -4.57. The van der Waals surface area contributed by atoms with Crippen LogP contribution in [0.25, 0.3) is 5.69 Å². The Bertz CT molecular complexity index is 1210. The van der Waals surface area contributed by atoms with Crippen LogP contribution in [0.15, 0.2) is 60.7 Å². The van der Waals surface area contributed by atoms with Gasteiger partial charge in [-0.25, -0.2) is 4.68 Å². The highest BCUT2D eigenvalue weighted by atomic mass is 19.4. The second-order valence-corrected chi connectivity index (χ2v) is 10.1. The summed E-state index contributed by atoms with van der Waals surface area (Å²) in [6.45, 7) is 9.64. The topological polar surface area (TPSA) is 67.2 Å². The van der Waals surface area contributed by atoms with E-state index in [1.165, 1.54) is 17.0 Å². The lowest BCUT2D eigenvalue weighted by Gasteiger charge is -2.24. The van der Waals surface area contributed by atoms with Crippen molar-refractivity contribution in [2.24, 2.45) is 5.92 Å². The first kappa shape index (κ1) is 27.0. The number of alkyl halides is 3. The van der Waals surface area contributed by atoms with E-state index in [2.05, 4.69) is 10.4 Å². The number of carbonyl (C=O) groups excluding carboxylic acids is 2. The van der Waals surface area contributed by atoms with E-state index in [-0.39, 0.29) is 30.0 Å². The third-order valence-electron chi connectivity index (χ3n) is 5.39. The Hall–Kier alpha value is -3.62. The van der Waals surface area contributed by atoms with Crippen LogP contribution in [0.5, 0.6) is 0 Å². The van der Waals surface area contributed by atoms with Crippen molar-refractivity contribution < 1.29 is 22.8 Å². The van der Waals surface area contributed by atoms with Crippen LogP contribution in [0.4, 0.5) is 19.0 Å². The molecule has 0 unspecified atom stereocenters. The van der Waals surface area contributed by atoms with E-state index in [1.807, 2.05) is 65.0 Å². The average molecular weight is 501 g/mol. The molecule has 0 radical (unpaired) electrons. The smallest absolute Gasteiger partial charge is 0.329 e. The minimum Gasteiger partial charge on any atom is -0.329 e. The summed E-state index contributed by atoms with van der Waals surface area (Å²) in [7, 11) is 0. The molecular weight excluding hydrogens is 469 g/mol. The number of aromatic nitrogens is 2. The Balaban J connectivity index is 1.87. The molecule has 0 bridgehead atoms. The first-order valence-electron chi connectivity index (χ1n) is 11.7. The Morgan fingerprint density at radius 2 is 1.67 bits per heavy atom. The summed E-state index contributed by atoms with van der Waals surface area (Å²) < 4.78 is 41.1. The van der Waals surface area contributed by atoms with Crippen molar-refractivity contribution in [3.63, 3.8) is 0 Å². The number of nitrogens with zero attached hydrogens (tertiary/aromatic N) is 3. The van der Waals surface area contributed by atoms with Gasteiger partial charge in [0.15, 0.2) is 0 Å². The minimum absolute atomic E-state index is 0.00473. The fraction of sp³-hybridized carbons (Fsp3) is 0.370. The van der Waals surface area contributed by atoms with E-state index in [4.69, 9.17) is 0 Å². The molecule has 3 aromatic rings. The summed E-state index contributed by atoms with van der Waals surface area (Å²) in [6.07, 6.45) is -4.57. The van der Waals surface area contributed by atoms with Crippen molar-refractivity contribution in [2.45, 2.75) is 46.2 Å². The number of para-hydroxylation sites is 1. The first-order chi connectivity index (χ1) is 16.8. The van der Waals surface area contributed by atoms with Crippen molar-refractivity contribution in [1.29, 1.82) is 0 Å². The van der Waals surface area contributed by atoms with Crippen molar-refractivity contribution in [2.75, 3.05) is 18.4 Å². The molecule has 1 aromatic heterocycles. The molecule has 36 heavy (non-hydrogen) atoms. The summed E-state index contributed by atoms with van der Waals surface area (Å²) in [6, 6.07) is 15.3. The van der Waals surface area contributed by atoms with Crippen LogP contribution < -0.4 is 5.32 Å². The number of hydrogen-bond donors (Lipinski definition) is 1. The van der Waals surface area contributed by atoms with Gasteiger partial charge in [-0.05, 0) is 36.2 Å². The van der Waals surface area contributed by atoms with E-state index in [0.29, 0.717) is 5.82 Å². The highest BCUT2D eigenvalue weighted by Crippen LogP contribution is 2.30. The number of amides is 2. The third kappa shape index (κ3) is 6.74. The van der Waals surface area contributed by atoms with Gasteiger partial charge in [0.05, 0.1) is 16.9 Å². The van der Waals surface area contributed by atoms with Crippen molar-refractivity contribution >= 4 is 17.6 Å². The lowest BCUT2D eigenvalue weighted by atomic mass is 9.92. The Kier molecular flexibility index (Phi) is 7.91. The van der Waals surface area contributed by atoms with E-state index in [1.54, 1.807) is 10.7 Å². The van der Waals surface area contributed by atoms with Gasteiger partial charge in [0, 0.05) is 23.6 Å². The van der Waals surface area contributed by atoms with Gasteiger partial charge in [0.2, 0.25) is 5.91 Å². The maximum Gasteiger partial charge on any atom is 0.416 e. The number of nitrogens with one attached hydrogen (secondary N) is 1. The SMILES string of the molecule is CC(C)CN(CC(=O)Nc1cc(C(C)(C)C)nn1-c1ccccc1)C(=O)c1cccc(C(F)(F)F)c1. The third-order valence-corrected chi connectivity index (χ3v) is 5.39. The molecule has 0 aliphatic rings. The highest BCUT2D eigenvalue weighted by Gasteiger charge is 2.32. The molecule has 2 amide bonds. The summed E-state index contributed by atoms with van der Waals surface area (Å²) in [5.41, 5.74) is 0.206. The summed E-state index contributed by atoms with van der Waals surface area (Å²) in [5, 5.41) is 7.50. The summed E-state index contributed by atoms with van der Waals surface area (Å²) in [5.74, 6) is -0.688. The standard InChI is InChI=1S/C27H31F3N4O2/c1-18(2)16-33(25(36)19-10-9-11-20(14-19)27(28,29)30)17-24(35)31-23-15-22(26(3,4)5)32-34(23)21-12-7-6-8-13-21/h6-15,18H,16-17H2,1-5H3,(H,31,35).